The minimum Gasteiger partial charge on any atom is -0.383 e. The molecule has 1 spiro atoms. The van der Waals surface area contributed by atoms with Gasteiger partial charge in [0, 0.05) is 31.7 Å². The van der Waals surface area contributed by atoms with Crippen molar-refractivity contribution in [3.8, 4) is 0 Å². The van der Waals surface area contributed by atoms with Crippen molar-refractivity contribution in [3.63, 3.8) is 0 Å². The second-order valence-corrected chi connectivity index (χ2v) is 5.99. The number of carbonyl (C=O) groups excluding carboxylic acids is 1. The normalized spacial score (nSPS) is 28.6. The Balaban J connectivity index is 1.77. The van der Waals surface area contributed by atoms with E-state index in [4.69, 9.17) is 9.47 Å². The third-order valence-corrected chi connectivity index (χ3v) is 4.89. The lowest BCUT2D eigenvalue weighted by atomic mass is 9.51. The zero-order valence-electron chi connectivity index (χ0n) is 12.9. The standard InChI is InChI=1S/C15H28N2O3/c1-4-20-13-10-12(15(13)6-5-7-15)17-11(2)14(18)16-8-9-19-3/h11-13,17H,4-10H2,1-3H3,(H,16,18). The molecule has 116 valence electrons. The molecule has 5 heteroatoms. The number of amides is 1. The van der Waals surface area contributed by atoms with Crippen LogP contribution in [-0.2, 0) is 14.3 Å². The largest absolute Gasteiger partial charge is 0.383 e. The molecule has 1 amide bonds. The third kappa shape index (κ3) is 3.00. The minimum absolute atomic E-state index is 0.0522. The van der Waals surface area contributed by atoms with Crippen LogP contribution < -0.4 is 10.6 Å². The number of carbonyl (C=O) groups is 1. The van der Waals surface area contributed by atoms with Crippen molar-refractivity contribution in [3.05, 3.63) is 0 Å². The van der Waals surface area contributed by atoms with Crippen molar-refractivity contribution in [1.82, 2.24) is 10.6 Å². The predicted octanol–water partition coefficient (Wildman–Crippen LogP) is 1.07. The summed E-state index contributed by atoms with van der Waals surface area (Å²) in [6, 6.07) is 0.271. The number of hydrogen-bond donors (Lipinski definition) is 2. The predicted molar refractivity (Wildman–Crippen MR) is 77.6 cm³/mol. The molecule has 0 aromatic rings. The molecule has 0 aliphatic heterocycles. The van der Waals surface area contributed by atoms with Gasteiger partial charge < -0.3 is 20.1 Å². The van der Waals surface area contributed by atoms with E-state index in [1.807, 2.05) is 6.92 Å². The molecule has 0 aromatic carbocycles. The van der Waals surface area contributed by atoms with Gasteiger partial charge in [0.15, 0.2) is 0 Å². The van der Waals surface area contributed by atoms with Gasteiger partial charge >= 0.3 is 0 Å². The van der Waals surface area contributed by atoms with Crippen LogP contribution >= 0.6 is 0 Å². The van der Waals surface area contributed by atoms with Gasteiger partial charge in [-0.25, -0.2) is 0 Å². The van der Waals surface area contributed by atoms with E-state index in [2.05, 4.69) is 17.6 Å². The molecule has 2 N–H and O–H groups in total. The zero-order chi connectivity index (χ0) is 14.6. The number of hydrogen-bond acceptors (Lipinski definition) is 4. The molecule has 0 radical (unpaired) electrons. The van der Waals surface area contributed by atoms with Crippen molar-refractivity contribution < 1.29 is 14.3 Å². The molecule has 2 aliphatic rings. The Morgan fingerprint density at radius 1 is 1.45 bits per heavy atom. The molecule has 3 atom stereocenters. The molecule has 2 rings (SSSR count). The Hall–Kier alpha value is -0.650. The lowest BCUT2D eigenvalue weighted by Crippen LogP contribution is -2.69. The Kier molecular flexibility index (Phi) is 5.41. The first-order valence-corrected chi connectivity index (χ1v) is 7.78. The van der Waals surface area contributed by atoms with Crippen LogP contribution in [0.5, 0.6) is 0 Å². The van der Waals surface area contributed by atoms with Crippen LogP contribution in [0.2, 0.25) is 0 Å². The van der Waals surface area contributed by atoms with E-state index in [0.717, 1.165) is 13.0 Å². The van der Waals surface area contributed by atoms with E-state index in [1.54, 1.807) is 7.11 Å². The van der Waals surface area contributed by atoms with Gasteiger partial charge in [-0.05, 0) is 33.1 Å². The summed E-state index contributed by atoms with van der Waals surface area (Å²) >= 11 is 0. The molecule has 20 heavy (non-hydrogen) atoms. The Morgan fingerprint density at radius 3 is 2.75 bits per heavy atom. The Labute approximate surface area is 121 Å². The van der Waals surface area contributed by atoms with Crippen molar-refractivity contribution in [2.24, 2.45) is 5.41 Å². The van der Waals surface area contributed by atoms with Gasteiger partial charge in [-0.1, -0.05) is 6.42 Å². The number of ether oxygens (including phenoxy) is 2. The fourth-order valence-electron chi connectivity index (χ4n) is 3.48. The summed E-state index contributed by atoms with van der Waals surface area (Å²) in [5.41, 5.74) is 0.303. The quantitative estimate of drug-likeness (QED) is 0.655. The summed E-state index contributed by atoms with van der Waals surface area (Å²) in [4.78, 5) is 12.0. The SMILES string of the molecule is CCOC1CC(NC(C)C(=O)NCCOC)C12CCC2. The summed E-state index contributed by atoms with van der Waals surface area (Å²) in [6.07, 6.45) is 5.17. The molecule has 0 saturated heterocycles. The van der Waals surface area contributed by atoms with E-state index in [0.29, 0.717) is 30.7 Å². The molecular weight excluding hydrogens is 256 g/mol. The first-order valence-electron chi connectivity index (χ1n) is 7.78. The van der Waals surface area contributed by atoms with Crippen LogP contribution in [0.3, 0.4) is 0 Å². The van der Waals surface area contributed by atoms with Gasteiger partial charge in [0.1, 0.15) is 0 Å². The van der Waals surface area contributed by atoms with Crippen LogP contribution in [0.1, 0.15) is 39.5 Å². The van der Waals surface area contributed by atoms with E-state index in [9.17, 15) is 4.79 Å². The highest BCUT2D eigenvalue weighted by molar-refractivity contribution is 5.81. The number of rotatable bonds is 8. The summed E-state index contributed by atoms with van der Waals surface area (Å²) < 4.78 is 10.8. The Bertz CT molecular complexity index is 331. The monoisotopic (exact) mass is 284 g/mol. The van der Waals surface area contributed by atoms with E-state index in [1.165, 1.54) is 19.3 Å². The van der Waals surface area contributed by atoms with Gasteiger partial charge in [0.2, 0.25) is 5.91 Å². The maximum Gasteiger partial charge on any atom is 0.236 e. The maximum atomic E-state index is 12.0. The average molecular weight is 284 g/mol. The van der Waals surface area contributed by atoms with Crippen molar-refractivity contribution in [1.29, 1.82) is 0 Å². The molecule has 2 saturated carbocycles. The smallest absolute Gasteiger partial charge is 0.236 e. The first-order chi connectivity index (χ1) is 9.64. The molecule has 2 aliphatic carbocycles. The van der Waals surface area contributed by atoms with Gasteiger partial charge in [0.25, 0.3) is 0 Å². The molecule has 2 fully saturated rings. The van der Waals surface area contributed by atoms with Crippen LogP contribution in [0.15, 0.2) is 0 Å². The molecular formula is C15H28N2O3. The van der Waals surface area contributed by atoms with E-state index >= 15 is 0 Å². The highest BCUT2D eigenvalue weighted by atomic mass is 16.5. The minimum atomic E-state index is -0.156. The molecule has 3 unspecified atom stereocenters. The van der Waals surface area contributed by atoms with E-state index < -0.39 is 0 Å². The van der Waals surface area contributed by atoms with Crippen LogP contribution in [0, 0.1) is 5.41 Å². The number of methoxy groups -OCH3 is 1. The highest BCUT2D eigenvalue weighted by Crippen LogP contribution is 2.57. The summed E-state index contributed by atoms with van der Waals surface area (Å²) in [7, 11) is 1.64. The first kappa shape index (κ1) is 15.7. The lowest BCUT2D eigenvalue weighted by molar-refractivity contribution is -0.175. The van der Waals surface area contributed by atoms with Gasteiger partial charge in [-0.15, -0.1) is 0 Å². The van der Waals surface area contributed by atoms with Gasteiger partial charge in [-0.3, -0.25) is 4.79 Å². The highest BCUT2D eigenvalue weighted by Gasteiger charge is 2.59. The average Bonchev–Trinajstić information content (AvgIpc) is 2.35. The summed E-state index contributed by atoms with van der Waals surface area (Å²) in [5, 5.41) is 6.37. The topological polar surface area (TPSA) is 59.6 Å². The third-order valence-electron chi connectivity index (χ3n) is 4.89. The van der Waals surface area contributed by atoms with Crippen molar-refractivity contribution >= 4 is 5.91 Å². The second kappa shape index (κ2) is 6.87. The van der Waals surface area contributed by atoms with Crippen molar-refractivity contribution in [2.75, 3.05) is 26.9 Å². The molecule has 0 aromatic heterocycles. The summed E-state index contributed by atoms with van der Waals surface area (Å²) in [6.45, 7) is 5.89. The van der Waals surface area contributed by atoms with Crippen LogP contribution in [-0.4, -0.2) is 51.0 Å². The van der Waals surface area contributed by atoms with Crippen LogP contribution in [0.4, 0.5) is 0 Å². The van der Waals surface area contributed by atoms with Crippen molar-refractivity contribution in [2.45, 2.75) is 57.7 Å². The Morgan fingerprint density at radius 2 is 2.20 bits per heavy atom. The molecule has 5 nitrogen and oxygen atoms in total. The van der Waals surface area contributed by atoms with E-state index in [-0.39, 0.29) is 11.9 Å². The zero-order valence-corrected chi connectivity index (χ0v) is 12.9. The molecule has 0 bridgehead atoms. The van der Waals surface area contributed by atoms with Gasteiger partial charge in [-0.2, -0.15) is 0 Å². The summed E-state index contributed by atoms with van der Waals surface area (Å²) in [5.74, 6) is 0.0522. The van der Waals surface area contributed by atoms with Crippen LogP contribution in [0.25, 0.3) is 0 Å². The second-order valence-electron chi connectivity index (χ2n) is 5.99. The fourth-order valence-corrected chi connectivity index (χ4v) is 3.48. The maximum absolute atomic E-state index is 12.0. The molecule has 0 heterocycles. The fraction of sp³-hybridized carbons (Fsp3) is 0.933. The van der Waals surface area contributed by atoms with Gasteiger partial charge in [0.05, 0.1) is 18.8 Å². The number of nitrogens with one attached hydrogen (secondary N) is 2. The lowest BCUT2D eigenvalue weighted by Gasteiger charge is -2.61.